The van der Waals surface area contributed by atoms with Crippen LogP contribution < -0.4 is 0 Å². The molecule has 0 aromatic rings. The summed E-state index contributed by atoms with van der Waals surface area (Å²) in [6.07, 6.45) is 4.35. The van der Waals surface area contributed by atoms with Gasteiger partial charge in [0.25, 0.3) is 6.10 Å². The van der Waals surface area contributed by atoms with E-state index in [2.05, 4.69) is 4.74 Å². The molecule has 2 rings (SSSR count). The second kappa shape index (κ2) is 1.24. The predicted octanol–water partition coefficient (Wildman–Crippen LogP) is 0.875. The minimum absolute atomic E-state index is 0.0605. The first-order valence-corrected chi connectivity index (χ1v) is 2.97. The van der Waals surface area contributed by atoms with Crippen LogP contribution in [0.4, 0.5) is 0 Å². The number of hydrogen-bond donors (Lipinski definition) is 0. The quantitative estimate of drug-likeness (QED) is 0.470. The number of rotatable bonds is 1. The molecule has 0 aromatic heterocycles. The number of ether oxygens (including phenoxy) is 1. The number of hydrogen-bond acceptors (Lipinski definition) is 2. The average Bonchev–Trinajstić information content (AvgIpc) is 2.13. The lowest BCUT2D eigenvalue weighted by atomic mass is 9.83. The molecule has 0 bridgehead atoms. The van der Waals surface area contributed by atoms with Crippen molar-refractivity contribution >= 4 is 5.97 Å². The largest absolute Gasteiger partial charge is 0.438 e. The predicted molar refractivity (Wildman–Crippen MR) is 26.7 cm³/mol. The molecule has 43 valence electrons. The number of cyclic esters (lactones) is 1. The molecule has 0 spiro atoms. The summed E-state index contributed by atoms with van der Waals surface area (Å²) in [7, 11) is 0. The third-order valence-electron chi connectivity index (χ3n) is 1.84. The van der Waals surface area contributed by atoms with Gasteiger partial charge in [-0.2, -0.15) is 0 Å². The molecule has 0 amide bonds. The van der Waals surface area contributed by atoms with Crippen molar-refractivity contribution in [2.75, 3.05) is 0 Å². The van der Waals surface area contributed by atoms with Gasteiger partial charge in [-0.1, -0.05) is 6.42 Å². The van der Waals surface area contributed by atoms with E-state index >= 15 is 0 Å². The smallest absolute Gasteiger partial charge is 0.357 e. The number of carbonyl (C=O) groups is 1. The molecule has 1 aliphatic heterocycles. The Hall–Kier alpha value is -0.530. The Labute approximate surface area is 47.8 Å². The van der Waals surface area contributed by atoms with Crippen molar-refractivity contribution in [2.45, 2.75) is 19.3 Å². The zero-order chi connectivity index (χ0) is 5.56. The Bertz CT molecular complexity index is 126. The second-order valence-corrected chi connectivity index (χ2v) is 2.38. The van der Waals surface area contributed by atoms with Crippen molar-refractivity contribution in [1.29, 1.82) is 0 Å². The Morgan fingerprint density at radius 2 is 2.12 bits per heavy atom. The van der Waals surface area contributed by atoms with Crippen LogP contribution >= 0.6 is 0 Å². The van der Waals surface area contributed by atoms with Crippen molar-refractivity contribution in [2.24, 2.45) is 5.92 Å². The van der Waals surface area contributed by atoms with E-state index in [1.807, 2.05) is 0 Å². The van der Waals surface area contributed by atoms with Crippen LogP contribution in [0, 0.1) is 12.0 Å². The van der Waals surface area contributed by atoms with E-state index in [-0.39, 0.29) is 5.97 Å². The first kappa shape index (κ1) is 4.36. The van der Waals surface area contributed by atoms with E-state index in [1.54, 1.807) is 0 Å². The Balaban J connectivity index is 1.90. The number of epoxide rings is 1. The highest BCUT2D eigenvalue weighted by Gasteiger charge is 2.49. The summed E-state index contributed by atoms with van der Waals surface area (Å²) in [5.41, 5.74) is 0. The van der Waals surface area contributed by atoms with Crippen LogP contribution in [0.25, 0.3) is 0 Å². The zero-order valence-corrected chi connectivity index (χ0v) is 4.52. The molecule has 0 unspecified atom stereocenters. The normalized spacial score (nSPS) is 29.2. The van der Waals surface area contributed by atoms with Gasteiger partial charge in [-0.05, 0) is 12.8 Å². The summed E-state index contributed by atoms with van der Waals surface area (Å²) in [5.74, 6) is 0.456. The Kier molecular flexibility index (Phi) is 0.678. The molecule has 2 heteroatoms. The van der Waals surface area contributed by atoms with Gasteiger partial charge in [0.15, 0.2) is 0 Å². The molecule has 2 aliphatic rings. The maximum Gasteiger partial charge on any atom is 0.357 e. The highest BCUT2D eigenvalue weighted by molar-refractivity contribution is 5.97. The molecule has 2 fully saturated rings. The molecule has 8 heavy (non-hydrogen) atoms. The fourth-order valence-corrected chi connectivity index (χ4v) is 0.995. The molecule has 1 saturated carbocycles. The highest BCUT2D eigenvalue weighted by atomic mass is 16.6. The molecule has 0 aromatic carbocycles. The summed E-state index contributed by atoms with van der Waals surface area (Å²) in [5, 5.41) is 0. The van der Waals surface area contributed by atoms with Crippen molar-refractivity contribution in [3.05, 3.63) is 6.10 Å². The van der Waals surface area contributed by atoms with Crippen LogP contribution in [-0.4, -0.2) is 5.97 Å². The van der Waals surface area contributed by atoms with Crippen LogP contribution in [0.1, 0.15) is 19.3 Å². The van der Waals surface area contributed by atoms with Gasteiger partial charge in [-0.25, -0.2) is 4.79 Å². The minimum Gasteiger partial charge on any atom is -0.438 e. The van der Waals surface area contributed by atoms with Crippen LogP contribution in [0.2, 0.25) is 0 Å². The summed E-state index contributed by atoms with van der Waals surface area (Å²) in [6, 6.07) is 0. The molecule has 1 heterocycles. The SMILES string of the molecule is O=C1O[C]1C1CCC1. The maximum absolute atomic E-state index is 10.3. The topological polar surface area (TPSA) is 29.6 Å². The fraction of sp³-hybridized carbons (Fsp3) is 0.667. The lowest BCUT2D eigenvalue weighted by Gasteiger charge is -2.19. The highest BCUT2D eigenvalue weighted by Crippen LogP contribution is 2.43. The van der Waals surface area contributed by atoms with Gasteiger partial charge in [0.2, 0.25) is 0 Å². The minimum atomic E-state index is -0.0605. The van der Waals surface area contributed by atoms with Gasteiger partial charge in [-0.15, -0.1) is 0 Å². The molecule has 0 N–H and O–H groups in total. The second-order valence-electron chi connectivity index (χ2n) is 2.38. The zero-order valence-electron chi connectivity index (χ0n) is 4.52. The van der Waals surface area contributed by atoms with E-state index in [4.69, 9.17) is 0 Å². The van der Waals surface area contributed by atoms with E-state index in [9.17, 15) is 4.79 Å². The van der Waals surface area contributed by atoms with E-state index < -0.39 is 0 Å². The van der Waals surface area contributed by atoms with Gasteiger partial charge in [-0.3, -0.25) is 0 Å². The Morgan fingerprint density at radius 3 is 2.25 bits per heavy atom. The third-order valence-corrected chi connectivity index (χ3v) is 1.84. The van der Waals surface area contributed by atoms with Crippen molar-refractivity contribution in [1.82, 2.24) is 0 Å². The third kappa shape index (κ3) is 0.457. The van der Waals surface area contributed by atoms with Crippen LogP contribution in [0.3, 0.4) is 0 Å². The van der Waals surface area contributed by atoms with E-state index in [0.717, 1.165) is 6.10 Å². The van der Waals surface area contributed by atoms with Gasteiger partial charge < -0.3 is 4.74 Å². The van der Waals surface area contributed by atoms with E-state index in [1.165, 1.54) is 19.3 Å². The van der Waals surface area contributed by atoms with Crippen LogP contribution in [0.5, 0.6) is 0 Å². The van der Waals surface area contributed by atoms with Gasteiger partial charge >= 0.3 is 5.97 Å². The number of carbonyl (C=O) groups excluding carboxylic acids is 1. The van der Waals surface area contributed by atoms with Gasteiger partial charge in [0.05, 0.1) is 0 Å². The first-order chi connectivity index (χ1) is 3.88. The van der Waals surface area contributed by atoms with Gasteiger partial charge in [0, 0.05) is 5.92 Å². The van der Waals surface area contributed by atoms with Crippen molar-refractivity contribution < 1.29 is 9.53 Å². The van der Waals surface area contributed by atoms with Crippen LogP contribution in [-0.2, 0) is 9.53 Å². The van der Waals surface area contributed by atoms with Crippen molar-refractivity contribution in [3.63, 3.8) is 0 Å². The molecule has 1 aliphatic carbocycles. The first-order valence-electron chi connectivity index (χ1n) is 2.97. The molecular weight excluding hydrogens is 104 g/mol. The van der Waals surface area contributed by atoms with E-state index in [0.29, 0.717) is 5.92 Å². The molecular formula is C6H7O2. The van der Waals surface area contributed by atoms with Crippen LogP contribution in [0.15, 0.2) is 0 Å². The summed E-state index contributed by atoms with van der Waals surface area (Å²) in [6.45, 7) is 0. The molecule has 0 atom stereocenters. The molecule has 2 nitrogen and oxygen atoms in total. The standard InChI is InChI=1S/C6H7O2/c7-6-5(8-6)4-2-1-3-4/h4H,1-3H2. The summed E-state index contributed by atoms with van der Waals surface area (Å²) >= 11 is 0. The summed E-state index contributed by atoms with van der Waals surface area (Å²) < 4.78 is 4.60. The average molecular weight is 111 g/mol. The lowest BCUT2D eigenvalue weighted by molar-refractivity contribution is -0.117. The Morgan fingerprint density at radius 1 is 1.50 bits per heavy atom. The van der Waals surface area contributed by atoms with Crippen molar-refractivity contribution in [3.8, 4) is 0 Å². The lowest BCUT2D eigenvalue weighted by Crippen LogP contribution is -2.12. The molecule has 1 radical (unpaired) electrons. The fourth-order valence-electron chi connectivity index (χ4n) is 0.995. The van der Waals surface area contributed by atoms with Gasteiger partial charge in [0.1, 0.15) is 0 Å². The molecule has 1 saturated heterocycles. The monoisotopic (exact) mass is 111 g/mol. The maximum atomic E-state index is 10.3. The summed E-state index contributed by atoms with van der Waals surface area (Å²) in [4.78, 5) is 10.3.